The molecule has 2 atom stereocenters. The number of hydrogen-bond acceptors (Lipinski definition) is 4. The van der Waals surface area contributed by atoms with E-state index in [1.165, 1.54) is 6.66 Å². The zero-order valence-electron chi connectivity index (χ0n) is 12.3. The molecule has 1 aromatic carbocycles. The van der Waals surface area contributed by atoms with Crippen LogP contribution in [0.5, 0.6) is 5.75 Å². The first-order valence-electron chi connectivity index (χ1n) is 6.64. The molecule has 0 bridgehead atoms. The van der Waals surface area contributed by atoms with Crippen LogP contribution < -0.4 is 9.61 Å². The third kappa shape index (κ3) is 5.76. The summed E-state index contributed by atoms with van der Waals surface area (Å²) < 4.78 is 22.9. The number of esters is 1. The molecule has 0 radical (unpaired) electrons. The van der Waals surface area contributed by atoms with E-state index in [-0.39, 0.29) is 6.10 Å². The van der Waals surface area contributed by atoms with Crippen molar-refractivity contribution in [2.24, 2.45) is 0 Å². The Morgan fingerprint density at radius 1 is 1.30 bits per heavy atom. The molecule has 20 heavy (non-hydrogen) atoms. The van der Waals surface area contributed by atoms with Gasteiger partial charge in [-0.15, -0.1) is 0 Å². The lowest BCUT2D eigenvalue weighted by atomic mass is 10.2. The van der Waals surface area contributed by atoms with Crippen molar-refractivity contribution >= 4 is 13.5 Å². The van der Waals surface area contributed by atoms with E-state index in [0.717, 1.165) is 0 Å². The van der Waals surface area contributed by atoms with E-state index in [9.17, 15) is 9.36 Å². The highest BCUT2D eigenvalue weighted by molar-refractivity contribution is 7.56. The van der Waals surface area contributed by atoms with Gasteiger partial charge in [-0.2, -0.15) is 0 Å². The summed E-state index contributed by atoms with van der Waals surface area (Å²) in [5, 5.41) is 2.76. The van der Waals surface area contributed by atoms with Gasteiger partial charge in [-0.1, -0.05) is 25.1 Å². The van der Waals surface area contributed by atoms with Gasteiger partial charge >= 0.3 is 13.5 Å². The van der Waals surface area contributed by atoms with Gasteiger partial charge in [-0.25, -0.2) is 5.09 Å². The van der Waals surface area contributed by atoms with Crippen LogP contribution in [0.3, 0.4) is 0 Å². The van der Waals surface area contributed by atoms with Gasteiger partial charge in [0.25, 0.3) is 0 Å². The molecule has 0 aliphatic heterocycles. The Morgan fingerprint density at radius 2 is 1.90 bits per heavy atom. The molecule has 0 amide bonds. The smallest absolute Gasteiger partial charge is 0.323 e. The molecule has 1 aromatic rings. The van der Waals surface area contributed by atoms with E-state index in [2.05, 4.69) is 5.09 Å². The first-order valence-corrected chi connectivity index (χ1v) is 8.71. The zero-order chi connectivity index (χ0) is 15.2. The maximum Gasteiger partial charge on any atom is 0.323 e. The number of benzene rings is 1. The Kier molecular flexibility index (Phi) is 6.24. The van der Waals surface area contributed by atoms with Gasteiger partial charge in [-0.05, 0) is 32.4 Å². The second-order valence-corrected chi connectivity index (χ2v) is 6.96. The molecule has 0 aliphatic carbocycles. The molecule has 1 unspecified atom stereocenters. The standard InChI is InChI=1S/C14H22NO4P/c1-5-13(14(16)18-11(2)3)15-20(4,17)19-12-9-7-6-8-10-12/h6-11,13H,5H2,1-4H3,(H,15,17)/t13-,20?/m0/s1. The largest absolute Gasteiger partial charge is 0.462 e. The molecule has 0 saturated carbocycles. The Labute approximate surface area is 120 Å². The van der Waals surface area contributed by atoms with Gasteiger partial charge in [0.15, 0.2) is 0 Å². The topological polar surface area (TPSA) is 64.6 Å². The van der Waals surface area contributed by atoms with Gasteiger partial charge < -0.3 is 9.26 Å². The summed E-state index contributed by atoms with van der Waals surface area (Å²) in [6.45, 7) is 6.82. The van der Waals surface area contributed by atoms with Crippen molar-refractivity contribution in [3.05, 3.63) is 30.3 Å². The molecule has 0 saturated heterocycles. The zero-order valence-corrected chi connectivity index (χ0v) is 13.2. The predicted octanol–water partition coefficient (Wildman–Crippen LogP) is 3.21. The minimum absolute atomic E-state index is 0.204. The van der Waals surface area contributed by atoms with Crippen LogP contribution in [0, 0.1) is 0 Å². The fourth-order valence-corrected chi connectivity index (χ4v) is 3.05. The molecular formula is C14H22NO4P. The lowest BCUT2D eigenvalue weighted by Gasteiger charge is -2.22. The Morgan fingerprint density at radius 3 is 2.40 bits per heavy atom. The maximum absolute atomic E-state index is 12.4. The van der Waals surface area contributed by atoms with Crippen LogP contribution in [0.25, 0.3) is 0 Å². The molecule has 0 fully saturated rings. The second-order valence-electron chi connectivity index (χ2n) is 4.83. The van der Waals surface area contributed by atoms with Crippen molar-refractivity contribution in [3.8, 4) is 5.75 Å². The van der Waals surface area contributed by atoms with Crippen LogP contribution in [-0.2, 0) is 14.1 Å². The molecule has 0 heterocycles. The quantitative estimate of drug-likeness (QED) is 0.618. The Hall–Kier alpha value is -1.32. The van der Waals surface area contributed by atoms with E-state index in [0.29, 0.717) is 12.2 Å². The van der Waals surface area contributed by atoms with Gasteiger partial charge in [0, 0.05) is 6.66 Å². The normalized spacial score (nSPS) is 15.4. The number of para-hydroxylation sites is 1. The number of hydrogen-bond donors (Lipinski definition) is 1. The fourth-order valence-electron chi connectivity index (χ4n) is 1.62. The molecule has 1 rings (SSSR count). The maximum atomic E-state index is 12.4. The van der Waals surface area contributed by atoms with Crippen molar-refractivity contribution in [1.29, 1.82) is 0 Å². The summed E-state index contributed by atoms with van der Waals surface area (Å²) in [6, 6.07) is 8.21. The molecule has 0 aliphatic rings. The highest BCUT2D eigenvalue weighted by Crippen LogP contribution is 2.39. The van der Waals surface area contributed by atoms with Crippen molar-refractivity contribution in [2.45, 2.75) is 39.3 Å². The van der Waals surface area contributed by atoms with Crippen molar-refractivity contribution in [2.75, 3.05) is 6.66 Å². The molecule has 6 heteroatoms. The van der Waals surface area contributed by atoms with E-state index < -0.39 is 19.5 Å². The van der Waals surface area contributed by atoms with Crippen LogP contribution >= 0.6 is 7.52 Å². The Balaban J connectivity index is 2.68. The first kappa shape index (κ1) is 16.7. The van der Waals surface area contributed by atoms with Crippen molar-refractivity contribution in [1.82, 2.24) is 5.09 Å². The molecule has 5 nitrogen and oxygen atoms in total. The molecule has 0 aromatic heterocycles. The average molecular weight is 299 g/mol. The van der Waals surface area contributed by atoms with E-state index in [1.54, 1.807) is 38.1 Å². The summed E-state index contributed by atoms with van der Waals surface area (Å²) in [6.07, 6.45) is 0.270. The van der Waals surface area contributed by atoms with Crippen LogP contribution in [0.1, 0.15) is 27.2 Å². The third-order valence-electron chi connectivity index (χ3n) is 2.46. The predicted molar refractivity (Wildman–Crippen MR) is 79.0 cm³/mol. The van der Waals surface area contributed by atoms with Crippen LogP contribution in [0.4, 0.5) is 0 Å². The number of rotatable bonds is 7. The molecule has 1 N–H and O–H groups in total. The first-order chi connectivity index (χ1) is 9.34. The minimum Gasteiger partial charge on any atom is -0.462 e. The number of carbonyl (C=O) groups excluding carboxylic acids is 1. The van der Waals surface area contributed by atoms with Crippen molar-refractivity contribution < 1.29 is 18.6 Å². The van der Waals surface area contributed by atoms with E-state index in [4.69, 9.17) is 9.26 Å². The van der Waals surface area contributed by atoms with Gasteiger partial charge in [0.2, 0.25) is 0 Å². The number of carbonyl (C=O) groups is 1. The highest BCUT2D eigenvalue weighted by Gasteiger charge is 2.27. The van der Waals surface area contributed by atoms with Crippen molar-refractivity contribution in [3.63, 3.8) is 0 Å². The summed E-state index contributed by atoms with van der Waals surface area (Å²) in [5.41, 5.74) is 0. The molecule has 0 spiro atoms. The summed E-state index contributed by atoms with van der Waals surface area (Å²) in [4.78, 5) is 11.9. The summed E-state index contributed by atoms with van der Waals surface area (Å²) in [5.74, 6) is 0.0825. The summed E-state index contributed by atoms with van der Waals surface area (Å²) >= 11 is 0. The van der Waals surface area contributed by atoms with Crippen LogP contribution in [0.2, 0.25) is 0 Å². The average Bonchev–Trinajstić information content (AvgIpc) is 2.35. The SMILES string of the molecule is CC[C@H](NP(C)(=O)Oc1ccccc1)C(=O)OC(C)C. The molecule has 112 valence electrons. The lowest BCUT2D eigenvalue weighted by Crippen LogP contribution is -2.37. The third-order valence-corrected chi connectivity index (χ3v) is 3.80. The lowest BCUT2D eigenvalue weighted by molar-refractivity contribution is -0.149. The monoisotopic (exact) mass is 299 g/mol. The fraction of sp³-hybridized carbons (Fsp3) is 0.500. The van der Waals surface area contributed by atoms with Gasteiger partial charge in [0.1, 0.15) is 11.8 Å². The van der Waals surface area contributed by atoms with E-state index in [1.807, 2.05) is 13.0 Å². The number of ether oxygens (including phenoxy) is 1. The Bertz CT molecular complexity index is 475. The van der Waals surface area contributed by atoms with E-state index >= 15 is 0 Å². The number of nitrogens with one attached hydrogen (secondary N) is 1. The summed E-state index contributed by atoms with van der Waals surface area (Å²) in [7, 11) is -3.14. The minimum atomic E-state index is -3.14. The van der Waals surface area contributed by atoms with Crippen LogP contribution in [-0.4, -0.2) is 24.8 Å². The van der Waals surface area contributed by atoms with Gasteiger partial charge in [-0.3, -0.25) is 9.36 Å². The molecular weight excluding hydrogens is 277 g/mol. The highest BCUT2D eigenvalue weighted by atomic mass is 31.2. The second kappa shape index (κ2) is 7.46. The van der Waals surface area contributed by atoms with Crippen LogP contribution in [0.15, 0.2) is 30.3 Å². The van der Waals surface area contributed by atoms with Gasteiger partial charge in [0.05, 0.1) is 6.10 Å².